The smallest absolute Gasteiger partial charge is 0.255 e. The number of carbonyl (C=O) groups excluding carboxylic acids is 1. The minimum absolute atomic E-state index is 0.128. The number of carbonyl (C=O) groups is 1. The Balaban J connectivity index is 1.31. The summed E-state index contributed by atoms with van der Waals surface area (Å²) < 4.78 is 7.57. The maximum atomic E-state index is 12.6. The number of aromatic nitrogens is 3. The van der Waals surface area contributed by atoms with Crippen LogP contribution in [-0.4, -0.2) is 20.7 Å². The van der Waals surface area contributed by atoms with E-state index in [1.807, 2.05) is 102 Å². The molecule has 6 nitrogen and oxygen atoms in total. The standard InChI is InChI=1S/C27H22N4O2S/c1-19-7-5-8-22(17-19)28-26(32)21-14-12-20(13-15-21)18-34-27-30-29-25(24-11-6-16-33-24)31(27)23-9-3-2-4-10-23/h2-17H,18H2,1H3,(H,28,32). The van der Waals surface area contributed by atoms with Gasteiger partial charge < -0.3 is 9.73 Å². The van der Waals surface area contributed by atoms with Gasteiger partial charge in [-0.05, 0) is 66.6 Å². The van der Waals surface area contributed by atoms with Gasteiger partial charge in [-0.25, -0.2) is 0 Å². The number of nitrogens with one attached hydrogen (secondary N) is 1. The van der Waals surface area contributed by atoms with E-state index < -0.39 is 0 Å². The zero-order valence-corrected chi connectivity index (χ0v) is 19.3. The summed E-state index contributed by atoms with van der Waals surface area (Å²) in [6.45, 7) is 2.00. The molecule has 1 amide bonds. The Kier molecular flexibility index (Phi) is 6.27. The van der Waals surface area contributed by atoms with Crippen LogP contribution in [-0.2, 0) is 5.75 Å². The second-order valence-electron chi connectivity index (χ2n) is 7.76. The van der Waals surface area contributed by atoms with Crippen LogP contribution in [0.3, 0.4) is 0 Å². The SMILES string of the molecule is Cc1cccc(NC(=O)c2ccc(CSc3nnc(-c4ccco4)n3-c3ccccc3)cc2)c1. The molecule has 0 spiro atoms. The maximum Gasteiger partial charge on any atom is 0.255 e. The van der Waals surface area contributed by atoms with Crippen molar-refractivity contribution in [3.63, 3.8) is 0 Å². The molecule has 2 heterocycles. The van der Waals surface area contributed by atoms with Crippen LogP contribution in [0, 0.1) is 6.92 Å². The minimum Gasteiger partial charge on any atom is -0.461 e. The molecule has 2 aromatic heterocycles. The summed E-state index contributed by atoms with van der Waals surface area (Å²) in [5, 5.41) is 12.5. The van der Waals surface area contributed by atoms with Crippen molar-refractivity contribution in [3.05, 3.63) is 114 Å². The zero-order valence-electron chi connectivity index (χ0n) is 18.5. The quantitative estimate of drug-likeness (QED) is 0.282. The lowest BCUT2D eigenvalue weighted by Crippen LogP contribution is -2.11. The number of rotatable bonds is 7. The normalized spacial score (nSPS) is 10.9. The number of benzene rings is 3. The topological polar surface area (TPSA) is 73.0 Å². The summed E-state index contributed by atoms with van der Waals surface area (Å²) in [7, 11) is 0. The Hall–Kier alpha value is -4.10. The lowest BCUT2D eigenvalue weighted by atomic mass is 10.1. The van der Waals surface area contributed by atoms with Gasteiger partial charge in [-0.15, -0.1) is 10.2 Å². The lowest BCUT2D eigenvalue weighted by molar-refractivity contribution is 0.102. The first-order valence-corrected chi connectivity index (χ1v) is 11.8. The van der Waals surface area contributed by atoms with Crippen LogP contribution < -0.4 is 5.32 Å². The van der Waals surface area contributed by atoms with E-state index >= 15 is 0 Å². The van der Waals surface area contributed by atoms with Crippen LogP contribution in [0.5, 0.6) is 0 Å². The molecule has 0 fully saturated rings. The summed E-state index contributed by atoms with van der Waals surface area (Å²) >= 11 is 1.58. The van der Waals surface area contributed by atoms with E-state index in [2.05, 4.69) is 15.5 Å². The van der Waals surface area contributed by atoms with Crippen LogP contribution in [0.25, 0.3) is 17.3 Å². The molecule has 168 valence electrons. The van der Waals surface area contributed by atoms with Crippen molar-refractivity contribution in [1.29, 1.82) is 0 Å². The summed E-state index contributed by atoms with van der Waals surface area (Å²) in [6, 6.07) is 29.1. The van der Waals surface area contributed by atoms with Gasteiger partial charge in [0, 0.05) is 22.7 Å². The van der Waals surface area contributed by atoms with Gasteiger partial charge in [-0.2, -0.15) is 0 Å². The van der Waals surface area contributed by atoms with Crippen molar-refractivity contribution < 1.29 is 9.21 Å². The number of hydrogen-bond donors (Lipinski definition) is 1. The molecule has 0 aliphatic carbocycles. The number of para-hydroxylation sites is 1. The number of aryl methyl sites for hydroxylation is 1. The average molecular weight is 467 g/mol. The van der Waals surface area contributed by atoms with Crippen molar-refractivity contribution >= 4 is 23.4 Å². The van der Waals surface area contributed by atoms with Crippen LogP contribution in [0.2, 0.25) is 0 Å². The van der Waals surface area contributed by atoms with E-state index in [9.17, 15) is 4.79 Å². The van der Waals surface area contributed by atoms with Gasteiger partial charge in [0.1, 0.15) is 0 Å². The first-order valence-electron chi connectivity index (χ1n) is 10.8. The molecule has 7 heteroatoms. The molecule has 0 aliphatic heterocycles. The highest BCUT2D eigenvalue weighted by Crippen LogP contribution is 2.30. The molecule has 5 rings (SSSR count). The molecule has 0 bridgehead atoms. The van der Waals surface area contributed by atoms with Gasteiger partial charge in [0.05, 0.1) is 6.26 Å². The van der Waals surface area contributed by atoms with E-state index in [-0.39, 0.29) is 5.91 Å². The predicted octanol–water partition coefficient (Wildman–Crippen LogP) is 6.38. The third-order valence-electron chi connectivity index (χ3n) is 5.25. The summed E-state index contributed by atoms with van der Waals surface area (Å²) in [6.07, 6.45) is 1.63. The number of hydrogen-bond acceptors (Lipinski definition) is 5. The van der Waals surface area contributed by atoms with E-state index in [0.29, 0.717) is 22.9 Å². The van der Waals surface area contributed by atoms with Crippen molar-refractivity contribution in [2.45, 2.75) is 17.8 Å². The first-order chi connectivity index (χ1) is 16.7. The number of amides is 1. The van der Waals surface area contributed by atoms with E-state index in [1.54, 1.807) is 18.0 Å². The van der Waals surface area contributed by atoms with Gasteiger partial charge >= 0.3 is 0 Å². The van der Waals surface area contributed by atoms with E-state index in [1.165, 1.54) is 0 Å². The molecule has 0 aliphatic rings. The summed E-state index contributed by atoms with van der Waals surface area (Å²) in [4.78, 5) is 12.6. The van der Waals surface area contributed by atoms with Crippen LogP contribution in [0.4, 0.5) is 5.69 Å². The molecule has 0 atom stereocenters. The van der Waals surface area contributed by atoms with Gasteiger partial charge in [0.15, 0.2) is 10.9 Å². The van der Waals surface area contributed by atoms with Crippen LogP contribution in [0.1, 0.15) is 21.5 Å². The predicted molar refractivity (Wildman–Crippen MR) is 134 cm³/mol. The molecule has 0 saturated carbocycles. The fourth-order valence-corrected chi connectivity index (χ4v) is 4.47. The highest BCUT2D eigenvalue weighted by Gasteiger charge is 2.18. The van der Waals surface area contributed by atoms with Gasteiger partial charge in [-0.1, -0.05) is 54.2 Å². The number of thioether (sulfide) groups is 1. The first kappa shape index (κ1) is 21.7. The Morgan fingerprint density at radius 3 is 2.50 bits per heavy atom. The van der Waals surface area contributed by atoms with Crippen LogP contribution in [0.15, 0.2) is 107 Å². The van der Waals surface area contributed by atoms with Crippen molar-refractivity contribution in [2.75, 3.05) is 5.32 Å². The molecule has 34 heavy (non-hydrogen) atoms. The molecular weight excluding hydrogens is 444 g/mol. The Labute approximate surface area is 201 Å². The largest absolute Gasteiger partial charge is 0.461 e. The fourth-order valence-electron chi connectivity index (χ4n) is 3.56. The third kappa shape index (κ3) is 4.79. The molecule has 3 aromatic carbocycles. The van der Waals surface area contributed by atoms with Gasteiger partial charge in [-0.3, -0.25) is 9.36 Å². The zero-order chi connectivity index (χ0) is 23.3. The third-order valence-corrected chi connectivity index (χ3v) is 6.25. The molecule has 5 aromatic rings. The average Bonchev–Trinajstić information content (AvgIpc) is 3.53. The van der Waals surface area contributed by atoms with E-state index in [0.717, 1.165) is 27.7 Å². The monoisotopic (exact) mass is 466 g/mol. The Bertz CT molecular complexity index is 1390. The fraction of sp³-hybridized carbons (Fsp3) is 0.0741. The second-order valence-corrected chi connectivity index (χ2v) is 8.71. The van der Waals surface area contributed by atoms with Crippen molar-refractivity contribution in [1.82, 2.24) is 14.8 Å². The van der Waals surface area contributed by atoms with E-state index in [4.69, 9.17) is 4.42 Å². The summed E-state index contributed by atoms with van der Waals surface area (Å²) in [5.74, 6) is 1.87. The maximum absolute atomic E-state index is 12.6. The lowest BCUT2D eigenvalue weighted by Gasteiger charge is -2.09. The number of furan rings is 1. The molecular formula is C27H22N4O2S. The Morgan fingerprint density at radius 1 is 0.941 bits per heavy atom. The van der Waals surface area contributed by atoms with Gasteiger partial charge in [0.25, 0.3) is 5.91 Å². The summed E-state index contributed by atoms with van der Waals surface area (Å²) in [5.41, 5.74) is 4.55. The van der Waals surface area contributed by atoms with Crippen molar-refractivity contribution in [3.8, 4) is 17.3 Å². The second kappa shape index (κ2) is 9.80. The highest BCUT2D eigenvalue weighted by molar-refractivity contribution is 7.98. The molecule has 0 saturated heterocycles. The Morgan fingerprint density at radius 2 is 1.76 bits per heavy atom. The number of anilines is 1. The molecule has 0 radical (unpaired) electrons. The highest BCUT2D eigenvalue weighted by atomic mass is 32.2. The number of nitrogens with zero attached hydrogens (tertiary/aromatic N) is 3. The van der Waals surface area contributed by atoms with Gasteiger partial charge in [0.2, 0.25) is 5.82 Å². The van der Waals surface area contributed by atoms with Crippen molar-refractivity contribution in [2.24, 2.45) is 0 Å². The molecule has 1 N–H and O–H groups in total. The minimum atomic E-state index is -0.128. The molecule has 0 unspecified atom stereocenters. The van der Waals surface area contributed by atoms with Crippen LogP contribution >= 0.6 is 11.8 Å².